The van der Waals surface area contributed by atoms with Crippen molar-refractivity contribution in [1.82, 2.24) is 24.8 Å². The lowest BCUT2D eigenvalue weighted by atomic mass is 10.1. The van der Waals surface area contributed by atoms with Gasteiger partial charge < -0.3 is 9.88 Å². The fourth-order valence-corrected chi connectivity index (χ4v) is 3.01. The van der Waals surface area contributed by atoms with Crippen LogP contribution in [0.3, 0.4) is 0 Å². The summed E-state index contributed by atoms with van der Waals surface area (Å²) in [5.41, 5.74) is 3.84. The molecule has 8 heteroatoms. The molecule has 4 aromatic rings. The number of hydrogen-bond acceptors (Lipinski definition) is 5. The van der Waals surface area contributed by atoms with Crippen molar-refractivity contribution >= 4 is 11.6 Å². The van der Waals surface area contributed by atoms with Crippen molar-refractivity contribution in [2.45, 2.75) is 13.5 Å². The third-order valence-electron chi connectivity index (χ3n) is 4.52. The number of anilines is 1. The molecule has 0 atom stereocenters. The SMILES string of the molecule is Cc1cc(C(=O)Nc2ccc(Cn3ccccc3=O)cc2)ccc1-n1cnnn1. The second-order valence-corrected chi connectivity index (χ2v) is 6.57. The molecule has 0 fully saturated rings. The molecular formula is C21H18N6O2. The minimum atomic E-state index is -0.205. The van der Waals surface area contributed by atoms with Gasteiger partial charge in [0.05, 0.1) is 12.2 Å². The number of carbonyl (C=O) groups excluding carboxylic acids is 1. The van der Waals surface area contributed by atoms with Crippen molar-refractivity contribution in [2.75, 3.05) is 5.32 Å². The van der Waals surface area contributed by atoms with Gasteiger partial charge in [-0.15, -0.1) is 5.10 Å². The number of aromatic nitrogens is 5. The van der Waals surface area contributed by atoms with E-state index in [9.17, 15) is 9.59 Å². The topological polar surface area (TPSA) is 94.7 Å². The van der Waals surface area contributed by atoms with Crippen molar-refractivity contribution in [3.63, 3.8) is 0 Å². The largest absolute Gasteiger partial charge is 0.322 e. The zero-order valence-corrected chi connectivity index (χ0v) is 15.7. The molecule has 0 saturated carbocycles. The molecule has 0 spiro atoms. The number of amides is 1. The van der Waals surface area contributed by atoms with Crippen LogP contribution in [0.25, 0.3) is 5.69 Å². The maximum atomic E-state index is 12.6. The Morgan fingerprint density at radius 1 is 1.07 bits per heavy atom. The highest BCUT2D eigenvalue weighted by atomic mass is 16.1. The molecule has 4 rings (SSSR count). The first-order valence-electron chi connectivity index (χ1n) is 9.00. The number of nitrogens with zero attached hydrogens (tertiary/aromatic N) is 5. The third-order valence-corrected chi connectivity index (χ3v) is 4.52. The number of aryl methyl sites for hydroxylation is 1. The molecule has 0 bridgehead atoms. The Morgan fingerprint density at radius 2 is 1.90 bits per heavy atom. The van der Waals surface area contributed by atoms with E-state index in [1.54, 1.807) is 39.7 Å². The van der Waals surface area contributed by atoms with Crippen LogP contribution in [0.2, 0.25) is 0 Å². The van der Waals surface area contributed by atoms with Crippen LogP contribution < -0.4 is 10.9 Å². The van der Waals surface area contributed by atoms with E-state index in [0.29, 0.717) is 17.8 Å². The van der Waals surface area contributed by atoms with Gasteiger partial charge in [-0.05, 0) is 64.9 Å². The van der Waals surface area contributed by atoms with Gasteiger partial charge >= 0.3 is 0 Å². The van der Waals surface area contributed by atoms with Crippen LogP contribution in [-0.2, 0) is 6.54 Å². The van der Waals surface area contributed by atoms with E-state index < -0.39 is 0 Å². The molecule has 0 radical (unpaired) electrons. The smallest absolute Gasteiger partial charge is 0.255 e. The monoisotopic (exact) mass is 386 g/mol. The zero-order chi connectivity index (χ0) is 20.2. The molecule has 0 aliphatic carbocycles. The van der Waals surface area contributed by atoms with Crippen molar-refractivity contribution in [1.29, 1.82) is 0 Å². The van der Waals surface area contributed by atoms with Crippen molar-refractivity contribution in [3.05, 3.63) is 100 Å². The van der Waals surface area contributed by atoms with E-state index in [1.807, 2.05) is 37.3 Å². The Morgan fingerprint density at radius 3 is 2.59 bits per heavy atom. The van der Waals surface area contributed by atoms with Crippen molar-refractivity contribution in [2.24, 2.45) is 0 Å². The average molecular weight is 386 g/mol. The van der Waals surface area contributed by atoms with Crippen molar-refractivity contribution in [3.8, 4) is 5.69 Å². The highest BCUT2D eigenvalue weighted by Gasteiger charge is 2.10. The molecule has 144 valence electrons. The maximum absolute atomic E-state index is 12.6. The lowest BCUT2D eigenvalue weighted by Gasteiger charge is -2.10. The summed E-state index contributed by atoms with van der Waals surface area (Å²) in [4.78, 5) is 24.4. The van der Waals surface area contributed by atoms with Gasteiger partial charge in [0.1, 0.15) is 6.33 Å². The standard InChI is InChI=1S/C21H18N6O2/c1-15-12-17(7-10-19(15)27-14-22-24-25-27)21(29)23-18-8-5-16(6-9-18)13-26-11-3-2-4-20(26)28/h2-12,14H,13H2,1H3,(H,23,29). The molecule has 1 N–H and O–H groups in total. The molecule has 0 saturated heterocycles. The molecule has 0 aliphatic heterocycles. The van der Waals surface area contributed by atoms with Gasteiger partial charge in [-0.2, -0.15) is 0 Å². The van der Waals surface area contributed by atoms with Crippen molar-refractivity contribution < 1.29 is 4.79 Å². The number of nitrogens with one attached hydrogen (secondary N) is 1. The van der Waals surface area contributed by atoms with Crippen LogP contribution in [0.4, 0.5) is 5.69 Å². The normalized spacial score (nSPS) is 10.7. The van der Waals surface area contributed by atoms with E-state index in [-0.39, 0.29) is 11.5 Å². The summed E-state index contributed by atoms with van der Waals surface area (Å²) < 4.78 is 3.18. The molecule has 0 unspecified atom stereocenters. The molecule has 1 amide bonds. The molecule has 0 aliphatic rings. The summed E-state index contributed by atoms with van der Waals surface area (Å²) in [6.45, 7) is 2.37. The number of rotatable bonds is 5. The Labute approximate surface area is 166 Å². The van der Waals surface area contributed by atoms with Gasteiger partial charge in [0.15, 0.2) is 0 Å². The summed E-state index contributed by atoms with van der Waals surface area (Å²) >= 11 is 0. The number of hydrogen-bond donors (Lipinski definition) is 1. The molecule has 29 heavy (non-hydrogen) atoms. The maximum Gasteiger partial charge on any atom is 0.255 e. The highest BCUT2D eigenvalue weighted by Crippen LogP contribution is 2.17. The quantitative estimate of drug-likeness (QED) is 0.568. The molecule has 8 nitrogen and oxygen atoms in total. The van der Waals surface area contributed by atoms with E-state index in [0.717, 1.165) is 16.8 Å². The van der Waals surface area contributed by atoms with Crippen LogP contribution in [0.1, 0.15) is 21.5 Å². The molecule has 2 aromatic heterocycles. The summed E-state index contributed by atoms with van der Waals surface area (Å²) in [5, 5.41) is 14.0. The Kier molecular flexibility index (Phi) is 4.98. The predicted octanol–water partition coefficient (Wildman–Crippen LogP) is 2.43. The highest BCUT2D eigenvalue weighted by molar-refractivity contribution is 6.04. The third kappa shape index (κ3) is 4.11. The first-order chi connectivity index (χ1) is 14.1. The summed E-state index contributed by atoms with van der Waals surface area (Å²) in [6, 6.07) is 17.8. The van der Waals surface area contributed by atoms with Crippen LogP contribution in [0.15, 0.2) is 78.0 Å². The molecular weight excluding hydrogens is 368 g/mol. The van der Waals surface area contributed by atoms with Gasteiger partial charge in [-0.25, -0.2) is 4.68 Å². The van der Waals surface area contributed by atoms with Crippen LogP contribution >= 0.6 is 0 Å². The minimum Gasteiger partial charge on any atom is -0.322 e. The molecule has 2 aromatic carbocycles. The summed E-state index contributed by atoms with van der Waals surface area (Å²) in [6.07, 6.45) is 3.26. The van der Waals surface area contributed by atoms with Crippen LogP contribution in [0, 0.1) is 6.92 Å². The van der Waals surface area contributed by atoms with Gasteiger partial charge in [0.25, 0.3) is 11.5 Å². The lowest BCUT2D eigenvalue weighted by Crippen LogP contribution is -2.18. The second kappa shape index (κ2) is 7.89. The second-order valence-electron chi connectivity index (χ2n) is 6.57. The summed E-state index contributed by atoms with van der Waals surface area (Å²) in [5.74, 6) is -0.205. The minimum absolute atomic E-state index is 0.0506. The van der Waals surface area contributed by atoms with E-state index >= 15 is 0 Å². The average Bonchev–Trinajstić information content (AvgIpc) is 3.25. The van der Waals surface area contributed by atoms with Gasteiger partial charge in [-0.3, -0.25) is 9.59 Å². The predicted molar refractivity (Wildman–Crippen MR) is 108 cm³/mol. The van der Waals surface area contributed by atoms with E-state index in [4.69, 9.17) is 0 Å². The van der Waals surface area contributed by atoms with Crippen LogP contribution in [0.5, 0.6) is 0 Å². The Balaban J connectivity index is 1.45. The van der Waals surface area contributed by atoms with Gasteiger partial charge in [-0.1, -0.05) is 18.2 Å². The lowest BCUT2D eigenvalue weighted by molar-refractivity contribution is 0.102. The summed E-state index contributed by atoms with van der Waals surface area (Å²) in [7, 11) is 0. The fourth-order valence-electron chi connectivity index (χ4n) is 3.01. The molecule has 2 heterocycles. The number of pyridine rings is 1. The zero-order valence-electron chi connectivity index (χ0n) is 15.7. The fraction of sp³-hybridized carbons (Fsp3) is 0.0952. The van der Waals surface area contributed by atoms with Gasteiger partial charge in [0, 0.05) is 23.5 Å². The number of tetrazole rings is 1. The first-order valence-corrected chi connectivity index (χ1v) is 9.00. The number of benzene rings is 2. The van der Waals surface area contributed by atoms with E-state index in [1.165, 1.54) is 12.4 Å². The van der Waals surface area contributed by atoms with Crippen LogP contribution in [-0.4, -0.2) is 30.7 Å². The Bertz CT molecular complexity index is 1200. The number of carbonyl (C=O) groups is 1. The Hall–Kier alpha value is -4.07. The first kappa shape index (κ1) is 18.3. The van der Waals surface area contributed by atoms with Gasteiger partial charge in [0.2, 0.25) is 0 Å². The van der Waals surface area contributed by atoms with E-state index in [2.05, 4.69) is 20.8 Å².